The lowest BCUT2D eigenvalue weighted by Gasteiger charge is -2.52. The number of nitriles is 1. The number of aldehydes is 1. The Morgan fingerprint density at radius 2 is 1.71 bits per heavy atom. The van der Waals surface area contributed by atoms with Crippen molar-refractivity contribution in [3.05, 3.63) is 134 Å². The summed E-state index contributed by atoms with van der Waals surface area (Å²) in [6.07, 6.45) is 11.1. The second-order valence-electron chi connectivity index (χ2n) is 21.3. The highest BCUT2D eigenvalue weighted by Gasteiger charge is 2.41. The zero-order valence-electron chi connectivity index (χ0n) is 43.4. The number of hydrogen-bond acceptors (Lipinski definition) is 16. The first-order valence-electron chi connectivity index (χ1n) is 27.3. The van der Waals surface area contributed by atoms with Gasteiger partial charge in [-0.15, -0.1) is 0 Å². The van der Waals surface area contributed by atoms with Gasteiger partial charge in [0.15, 0.2) is 5.82 Å². The third-order valence-corrected chi connectivity index (χ3v) is 16.6. The van der Waals surface area contributed by atoms with Crippen molar-refractivity contribution in [3.8, 4) is 34.6 Å². The molecule has 0 aliphatic carbocycles. The Morgan fingerprint density at radius 3 is 2.53 bits per heavy atom. The minimum absolute atomic E-state index is 0.0143. The average molecular weight is 1040 g/mol. The molecule has 398 valence electrons. The molecule has 5 aliphatic rings. The van der Waals surface area contributed by atoms with Crippen LogP contribution in [0.2, 0.25) is 0 Å². The van der Waals surface area contributed by atoms with Crippen molar-refractivity contribution in [3.63, 3.8) is 0 Å². The van der Waals surface area contributed by atoms with Crippen LogP contribution in [0, 0.1) is 24.2 Å². The lowest BCUT2D eigenvalue weighted by Crippen LogP contribution is -2.62. The molecule has 5 aliphatic heterocycles. The van der Waals surface area contributed by atoms with Gasteiger partial charge in [-0.1, -0.05) is 42.5 Å². The van der Waals surface area contributed by atoms with Crippen molar-refractivity contribution < 1.29 is 19.1 Å². The third kappa shape index (κ3) is 11.3. The normalized spacial score (nSPS) is 23.5. The number of hydrogen-bond donors (Lipinski definition) is 4. The van der Waals surface area contributed by atoms with Gasteiger partial charge in [0.1, 0.15) is 12.3 Å². The molecule has 0 bridgehead atoms. The van der Waals surface area contributed by atoms with Crippen molar-refractivity contribution in [2.75, 3.05) is 52.4 Å². The van der Waals surface area contributed by atoms with Gasteiger partial charge in [-0.25, -0.2) is 14.8 Å². The summed E-state index contributed by atoms with van der Waals surface area (Å²) in [4.78, 5) is 81.2. The summed E-state index contributed by atoms with van der Waals surface area (Å²) in [6, 6.07) is 26.1. The largest absolute Gasteiger partial charge is 0.477 e. The number of piperidine rings is 4. The standard InChI is InChI=1S/C58H65N13O6/c1-36-46-30-42(12-13-45(46)58(76)71(67-36)49-14-15-52(73)63-57(49)75)50-33-60-22-26-70(50)54-7-2-3-23-69(54)44-18-24-68(25-19-44)51(34-72)48-29-39(16-20-61-48)35-77-53-17-21-62-55(64-53)40-10-8-37(9-11-40)27-43-31-47(65-66-56(43)74)41-6-4-5-38(28-41)32-59/h4-6,8-13,17,21,28,30-31,34,39,44,48-51,54,60-61H,2-3,7,14-16,18-20,22-27,29,33,35H2,1H3,(H,66,74)(H,63,73,75). The number of amides is 2. The van der Waals surface area contributed by atoms with Crippen LogP contribution >= 0.6 is 0 Å². The van der Waals surface area contributed by atoms with E-state index >= 15 is 0 Å². The number of H-pyrrole nitrogens is 1. The van der Waals surface area contributed by atoms with Crippen LogP contribution in [-0.4, -0.2) is 139 Å². The number of carbonyl (C=O) groups is 3. The Hall–Kier alpha value is -7.34. The predicted octanol–water partition coefficient (Wildman–Crippen LogP) is 4.59. The van der Waals surface area contributed by atoms with Crippen molar-refractivity contribution in [1.82, 2.24) is 60.6 Å². The molecular weight excluding hydrogens is 975 g/mol. The molecule has 19 heteroatoms. The predicted molar refractivity (Wildman–Crippen MR) is 289 cm³/mol. The fourth-order valence-electron chi connectivity index (χ4n) is 12.5. The van der Waals surface area contributed by atoms with E-state index in [1.54, 1.807) is 36.5 Å². The van der Waals surface area contributed by atoms with Crippen LogP contribution in [0.3, 0.4) is 0 Å². The number of aromatic amines is 1. The summed E-state index contributed by atoms with van der Waals surface area (Å²) in [6.45, 7) is 8.48. The van der Waals surface area contributed by atoms with Crippen molar-refractivity contribution in [2.24, 2.45) is 5.92 Å². The van der Waals surface area contributed by atoms with E-state index in [2.05, 4.69) is 69.1 Å². The molecule has 19 nitrogen and oxygen atoms in total. The molecular formula is C58H65N13O6. The van der Waals surface area contributed by atoms with Gasteiger partial charge < -0.3 is 20.2 Å². The summed E-state index contributed by atoms with van der Waals surface area (Å²) >= 11 is 0. The maximum absolute atomic E-state index is 13.8. The fourth-order valence-corrected chi connectivity index (χ4v) is 12.5. The quantitative estimate of drug-likeness (QED) is 0.0863. The van der Waals surface area contributed by atoms with Crippen LogP contribution in [0.4, 0.5) is 0 Å². The second kappa shape index (κ2) is 23.1. The number of imide groups is 1. The molecule has 6 unspecified atom stereocenters. The number of nitrogens with zero attached hydrogens (tertiary/aromatic N) is 9. The minimum atomic E-state index is -0.816. The topological polar surface area (TPSA) is 236 Å². The van der Waals surface area contributed by atoms with Crippen LogP contribution in [0.5, 0.6) is 5.88 Å². The van der Waals surface area contributed by atoms with Crippen LogP contribution in [0.15, 0.2) is 94.6 Å². The lowest BCUT2D eigenvalue weighted by atomic mass is 9.88. The highest BCUT2D eigenvalue weighted by atomic mass is 16.5. The molecule has 8 heterocycles. The molecule has 0 spiro atoms. The van der Waals surface area contributed by atoms with Crippen LogP contribution < -0.4 is 31.8 Å². The van der Waals surface area contributed by atoms with E-state index in [4.69, 9.17) is 9.72 Å². The SMILES string of the molecule is Cc1nn(C2CCC(=O)NC2=O)c(=O)c2ccc(C3CNCCN3C3CCCCN3C3CCN(C(C=O)C4CC(COc5ccnc(-c6ccc(Cc7cc(-c8cccc(C#N)c8)n[nH]c7=O)cc6)n5)CCN4)CC3)cc12. The first-order chi connectivity index (χ1) is 37.6. The van der Waals surface area contributed by atoms with Crippen molar-refractivity contribution in [1.29, 1.82) is 5.26 Å². The molecule has 2 amide bonds. The van der Waals surface area contributed by atoms with E-state index < -0.39 is 11.9 Å². The summed E-state index contributed by atoms with van der Waals surface area (Å²) in [7, 11) is 0. The minimum Gasteiger partial charge on any atom is -0.477 e. The van der Waals surface area contributed by atoms with Crippen molar-refractivity contribution in [2.45, 2.75) is 108 Å². The zero-order chi connectivity index (χ0) is 53.0. The van der Waals surface area contributed by atoms with Crippen LogP contribution in [-0.2, 0) is 20.8 Å². The Labute approximate surface area is 446 Å². The molecule has 6 atom stereocenters. The number of piperazine rings is 1. The first kappa shape index (κ1) is 51.8. The highest BCUT2D eigenvalue weighted by Crippen LogP contribution is 2.35. The molecule has 3 aromatic carbocycles. The van der Waals surface area contributed by atoms with E-state index in [0.717, 1.165) is 118 Å². The summed E-state index contributed by atoms with van der Waals surface area (Å²) in [5.74, 6) is 0.447. The molecule has 4 N–H and O–H groups in total. The summed E-state index contributed by atoms with van der Waals surface area (Å²) in [5.41, 5.74) is 5.38. The average Bonchev–Trinajstić information content (AvgIpc) is 3.47. The molecule has 6 aromatic rings. The van der Waals surface area contributed by atoms with E-state index in [0.29, 0.717) is 58.7 Å². The molecule has 3 aromatic heterocycles. The van der Waals surface area contributed by atoms with Gasteiger partial charge in [-0.3, -0.25) is 39.2 Å². The smallest absolute Gasteiger partial charge is 0.275 e. The third-order valence-electron chi connectivity index (χ3n) is 16.6. The number of likely N-dealkylation sites (tertiary alicyclic amines) is 2. The monoisotopic (exact) mass is 1040 g/mol. The zero-order valence-corrected chi connectivity index (χ0v) is 43.4. The maximum Gasteiger partial charge on any atom is 0.275 e. The fraction of sp³-hybridized carbons (Fsp3) is 0.448. The molecule has 77 heavy (non-hydrogen) atoms. The second-order valence-corrected chi connectivity index (χ2v) is 21.3. The van der Waals surface area contributed by atoms with Gasteiger partial charge in [0, 0.05) is 98.0 Å². The molecule has 5 fully saturated rings. The Morgan fingerprint density at radius 1 is 0.857 bits per heavy atom. The number of aryl methyl sites for hydroxylation is 1. The summed E-state index contributed by atoms with van der Waals surface area (Å²) in [5, 5.41) is 31.7. The van der Waals surface area contributed by atoms with Gasteiger partial charge in [0.25, 0.3) is 17.0 Å². The van der Waals surface area contributed by atoms with Gasteiger partial charge >= 0.3 is 0 Å². The van der Waals surface area contributed by atoms with Crippen molar-refractivity contribution >= 4 is 28.9 Å². The van der Waals surface area contributed by atoms with Crippen LogP contribution in [0.25, 0.3) is 33.4 Å². The van der Waals surface area contributed by atoms with E-state index in [1.807, 2.05) is 43.3 Å². The lowest BCUT2D eigenvalue weighted by molar-refractivity contribution is -0.136. The summed E-state index contributed by atoms with van der Waals surface area (Å²) < 4.78 is 7.59. The Bertz CT molecular complexity index is 3310. The van der Waals surface area contributed by atoms with Gasteiger partial charge in [0.2, 0.25) is 11.8 Å². The van der Waals surface area contributed by atoms with Gasteiger partial charge in [0.05, 0.1) is 47.2 Å². The van der Waals surface area contributed by atoms with E-state index in [-0.39, 0.29) is 60.1 Å². The number of benzene rings is 3. The number of ether oxygens (including phenoxy) is 1. The number of aromatic nitrogens is 6. The Kier molecular flexibility index (Phi) is 15.5. The number of nitrogens with one attached hydrogen (secondary N) is 4. The molecule has 5 saturated heterocycles. The van der Waals surface area contributed by atoms with Gasteiger partial charge in [-0.05, 0) is 119 Å². The number of rotatable bonds is 14. The molecule has 0 saturated carbocycles. The van der Waals surface area contributed by atoms with E-state index in [1.165, 1.54) is 11.1 Å². The van der Waals surface area contributed by atoms with Crippen LogP contribution in [0.1, 0.15) is 97.8 Å². The van der Waals surface area contributed by atoms with E-state index in [9.17, 15) is 29.2 Å². The molecule has 0 radical (unpaired) electrons. The highest BCUT2D eigenvalue weighted by molar-refractivity contribution is 5.99. The van der Waals surface area contributed by atoms with Gasteiger partial charge in [-0.2, -0.15) is 20.4 Å². The number of carbonyl (C=O) groups excluding carboxylic acids is 3. The first-order valence-corrected chi connectivity index (χ1v) is 27.3. The maximum atomic E-state index is 13.8. The Balaban J connectivity index is 0.691. The molecule has 11 rings (SSSR count). The number of fused-ring (bicyclic) bond motifs is 1.